The molecule has 100 valence electrons. The first-order valence-corrected chi connectivity index (χ1v) is 7.28. The van der Waals surface area contributed by atoms with Crippen LogP contribution in [-0.4, -0.2) is 17.4 Å². The number of thiophene rings is 1. The molecule has 1 aromatic carbocycles. The highest BCUT2D eigenvalue weighted by atomic mass is 35.5. The summed E-state index contributed by atoms with van der Waals surface area (Å²) < 4.78 is 0. The van der Waals surface area contributed by atoms with Gasteiger partial charge in [-0.3, -0.25) is 5.41 Å². The molecule has 0 atom stereocenters. The maximum Gasteiger partial charge on any atom is 0.188 e. The van der Waals surface area contributed by atoms with E-state index < -0.39 is 0 Å². The van der Waals surface area contributed by atoms with Crippen molar-refractivity contribution in [1.29, 1.82) is 5.41 Å². The highest BCUT2D eigenvalue weighted by molar-refractivity contribution is 7.14. The van der Waals surface area contributed by atoms with Crippen molar-refractivity contribution >= 4 is 28.9 Å². The molecule has 2 aromatic rings. The molecule has 0 aliphatic carbocycles. The van der Waals surface area contributed by atoms with E-state index in [2.05, 4.69) is 24.3 Å². The molecule has 0 radical (unpaired) electrons. The third-order valence-electron chi connectivity index (χ3n) is 2.90. The number of nitrogens with two attached hydrogens (primary N) is 1. The number of nitrogens with one attached hydrogen (secondary N) is 1. The first kappa shape index (κ1) is 13.9. The van der Waals surface area contributed by atoms with Crippen molar-refractivity contribution in [2.24, 2.45) is 5.73 Å². The zero-order valence-corrected chi connectivity index (χ0v) is 12.3. The molecule has 0 spiro atoms. The summed E-state index contributed by atoms with van der Waals surface area (Å²) in [5, 5.41) is 10.2. The van der Waals surface area contributed by atoms with Crippen molar-refractivity contribution in [3.8, 4) is 10.4 Å². The summed E-state index contributed by atoms with van der Waals surface area (Å²) in [6.45, 7) is 3.39. The maximum atomic E-state index is 7.47. The fourth-order valence-electron chi connectivity index (χ4n) is 1.83. The number of hydrogen-bond donors (Lipinski definition) is 2. The first-order chi connectivity index (χ1) is 9.10. The zero-order chi connectivity index (χ0) is 13.8. The number of guanidine groups is 1. The standard InChI is InChI=1S/C14H16ClN3S/c1-2-18(14(16)17)8-10-3-5-11(6-4-10)13-7-12(15)9-19-13/h3-7,9H,2,8H2,1H3,(H3,16,17). The summed E-state index contributed by atoms with van der Waals surface area (Å²) in [7, 11) is 0. The van der Waals surface area contributed by atoms with E-state index in [1.165, 1.54) is 0 Å². The molecule has 3 N–H and O–H groups in total. The van der Waals surface area contributed by atoms with Crippen LogP contribution >= 0.6 is 22.9 Å². The van der Waals surface area contributed by atoms with E-state index in [9.17, 15) is 0 Å². The minimum Gasteiger partial charge on any atom is -0.370 e. The molecule has 19 heavy (non-hydrogen) atoms. The minimum atomic E-state index is 0.108. The maximum absolute atomic E-state index is 7.47. The molecular formula is C14H16ClN3S. The Kier molecular flexibility index (Phi) is 4.45. The van der Waals surface area contributed by atoms with Crippen LogP contribution in [0.15, 0.2) is 35.7 Å². The molecule has 2 rings (SSSR count). The average molecular weight is 294 g/mol. The van der Waals surface area contributed by atoms with Crippen molar-refractivity contribution in [1.82, 2.24) is 4.90 Å². The Balaban J connectivity index is 2.12. The monoisotopic (exact) mass is 293 g/mol. The highest BCUT2D eigenvalue weighted by Crippen LogP contribution is 2.29. The largest absolute Gasteiger partial charge is 0.370 e. The third kappa shape index (κ3) is 3.49. The summed E-state index contributed by atoms with van der Waals surface area (Å²) >= 11 is 7.57. The van der Waals surface area contributed by atoms with Crippen LogP contribution in [0.5, 0.6) is 0 Å². The second-order valence-corrected chi connectivity index (χ2v) is 5.57. The van der Waals surface area contributed by atoms with Crippen LogP contribution in [0.3, 0.4) is 0 Å². The van der Waals surface area contributed by atoms with Crippen LogP contribution in [0.25, 0.3) is 10.4 Å². The van der Waals surface area contributed by atoms with Crippen LogP contribution in [0.1, 0.15) is 12.5 Å². The topological polar surface area (TPSA) is 53.1 Å². The van der Waals surface area contributed by atoms with Gasteiger partial charge in [-0.15, -0.1) is 11.3 Å². The second-order valence-electron chi connectivity index (χ2n) is 4.23. The first-order valence-electron chi connectivity index (χ1n) is 6.02. The zero-order valence-electron chi connectivity index (χ0n) is 10.7. The van der Waals surface area contributed by atoms with E-state index in [-0.39, 0.29) is 5.96 Å². The van der Waals surface area contributed by atoms with E-state index in [1.54, 1.807) is 11.3 Å². The van der Waals surface area contributed by atoms with E-state index in [0.717, 1.165) is 27.6 Å². The van der Waals surface area contributed by atoms with Crippen LogP contribution in [-0.2, 0) is 6.54 Å². The normalized spacial score (nSPS) is 10.4. The van der Waals surface area contributed by atoms with Crippen LogP contribution in [0.4, 0.5) is 0 Å². The summed E-state index contributed by atoms with van der Waals surface area (Å²) in [6, 6.07) is 10.2. The number of hydrogen-bond acceptors (Lipinski definition) is 2. The Morgan fingerprint density at radius 1 is 1.37 bits per heavy atom. The average Bonchev–Trinajstić information content (AvgIpc) is 2.83. The fourth-order valence-corrected chi connectivity index (χ4v) is 2.91. The lowest BCUT2D eigenvalue weighted by Gasteiger charge is -2.20. The highest BCUT2D eigenvalue weighted by Gasteiger charge is 2.06. The number of benzene rings is 1. The molecule has 0 bridgehead atoms. The van der Waals surface area contributed by atoms with Crippen molar-refractivity contribution in [2.75, 3.05) is 6.54 Å². The van der Waals surface area contributed by atoms with Gasteiger partial charge in [-0.2, -0.15) is 0 Å². The molecular weight excluding hydrogens is 278 g/mol. The van der Waals surface area contributed by atoms with Crippen LogP contribution in [0, 0.1) is 5.41 Å². The lowest BCUT2D eigenvalue weighted by Crippen LogP contribution is -2.35. The minimum absolute atomic E-state index is 0.108. The predicted octanol–water partition coefficient (Wildman–Crippen LogP) is 3.78. The van der Waals surface area contributed by atoms with Crippen molar-refractivity contribution < 1.29 is 0 Å². The Bertz CT molecular complexity index is 562. The molecule has 1 heterocycles. The van der Waals surface area contributed by atoms with E-state index in [1.807, 2.05) is 23.3 Å². The molecule has 0 saturated carbocycles. The molecule has 0 unspecified atom stereocenters. The third-order valence-corrected chi connectivity index (χ3v) is 4.23. The Morgan fingerprint density at radius 3 is 2.53 bits per heavy atom. The molecule has 0 aliphatic rings. The lowest BCUT2D eigenvalue weighted by atomic mass is 10.1. The van der Waals surface area contributed by atoms with Gasteiger partial charge in [0, 0.05) is 23.3 Å². The van der Waals surface area contributed by atoms with Gasteiger partial charge in [0.25, 0.3) is 0 Å². The van der Waals surface area contributed by atoms with E-state index in [4.69, 9.17) is 22.7 Å². The van der Waals surface area contributed by atoms with Gasteiger partial charge in [0.15, 0.2) is 5.96 Å². The number of nitrogens with zero attached hydrogens (tertiary/aromatic N) is 1. The number of rotatable bonds is 4. The van der Waals surface area contributed by atoms with Gasteiger partial charge in [0.1, 0.15) is 0 Å². The Morgan fingerprint density at radius 2 is 2.05 bits per heavy atom. The molecule has 5 heteroatoms. The summed E-state index contributed by atoms with van der Waals surface area (Å²) in [5.74, 6) is 0.108. The molecule has 0 amide bonds. The fraction of sp³-hybridized carbons (Fsp3) is 0.214. The van der Waals surface area contributed by atoms with Crippen molar-refractivity contribution in [3.05, 3.63) is 46.3 Å². The van der Waals surface area contributed by atoms with Gasteiger partial charge in [0.05, 0.1) is 5.02 Å². The van der Waals surface area contributed by atoms with Crippen LogP contribution < -0.4 is 5.73 Å². The Hall–Kier alpha value is -1.52. The molecule has 0 saturated heterocycles. The SMILES string of the molecule is CCN(Cc1ccc(-c2cc(Cl)cs2)cc1)C(=N)N. The van der Waals surface area contributed by atoms with Gasteiger partial charge >= 0.3 is 0 Å². The lowest BCUT2D eigenvalue weighted by molar-refractivity contribution is 0.427. The van der Waals surface area contributed by atoms with E-state index in [0.29, 0.717) is 6.54 Å². The molecule has 3 nitrogen and oxygen atoms in total. The summed E-state index contributed by atoms with van der Waals surface area (Å²) in [5.41, 5.74) is 7.82. The van der Waals surface area contributed by atoms with Gasteiger partial charge in [-0.1, -0.05) is 35.9 Å². The van der Waals surface area contributed by atoms with Gasteiger partial charge in [-0.25, -0.2) is 0 Å². The van der Waals surface area contributed by atoms with Gasteiger partial charge in [-0.05, 0) is 24.1 Å². The smallest absolute Gasteiger partial charge is 0.188 e. The predicted molar refractivity (Wildman–Crippen MR) is 82.8 cm³/mol. The van der Waals surface area contributed by atoms with Crippen LogP contribution in [0.2, 0.25) is 5.02 Å². The summed E-state index contributed by atoms with van der Waals surface area (Å²) in [4.78, 5) is 2.98. The van der Waals surface area contributed by atoms with Gasteiger partial charge < -0.3 is 10.6 Å². The number of halogens is 1. The second kappa shape index (κ2) is 6.08. The molecule has 1 aromatic heterocycles. The summed E-state index contributed by atoms with van der Waals surface area (Å²) in [6.07, 6.45) is 0. The van der Waals surface area contributed by atoms with Crippen molar-refractivity contribution in [3.63, 3.8) is 0 Å². The molecule has 0 aliphatic heterocycles. The van der Waals surface area contributed by atoms with Crippen molar-refractivity contribution in [2.45, 2.75) is 13.5 Å². The van der Waals surface area contributed by atoms with Gasteiger partial charge in [0.2, 0.25) is 0 Å². The quantitative estimate of drug-likeness (QED) is 0.666. The van der Waals surface area contributed by atoms with E-state index >= 15 is 0 Å². The molecule has 0 fully saturated rings. The Labute approximate surface area is 122 Å².